The number of fused-ring (bicyclic) bond motifs is 1. The van der Waals surface area contributed by atoms with Gasteiger partial charge in [0.2, 0.25) is 0 Å². The minimum Gasteiger partial charge on any atom is -0.496 e. The topological polar surface area (TPSA) is 76.5 Å². The molecule has 1 aliphatic heterocycles. The summed E-state index contributed by atoms with van der Waals surface area (Å²) in [5, 5.41) is 6.65. The Morgan fingerprint density at radius 3 is 2.47 bits per heavy atom. The summed E-state index contributed by atoms with van der Waals surface area (Å²) >= 11 is 0. The molecule has 12 heteroatoms. The molecule has 7 nitrogen and oxygen atoms in total. The third kappa shape index (κ3) is 4.45. The molecular formula is C22H20F4N4O3S. The lowest BCUT2D eigenvalue weighted by Gasteiger charge is -2.32. The van der Waals surface area contributed by atoms with Crippen LogP contribution in [0.2, 0.25) is 0 Å². The number of aromatic nitrogens is 2. The van der Waals surface area contributed by atoms with Crippen LogP contribution in [0.4, 0.5) is 28.9 Å². The van der Waals surface area contributed by atoms with Crippen LogP contribution in [0.25, 0.3) is 0 Å². The van der Waals surface area contributed by atoms with Gasteiger partial charge in [-0.25, -0.2) is 4.39 Å². The predicted octanol–water partition coefficient (Wildman–Crippen LogP) is 4.64. The number of rotatable bonds is 4. The van der Waals surface area contributed by atoms with Crippen molar-refractivity contribution in [2.45, 2.75) is 19.1 Å². The van der Waals surface area contributed by atoms with Gasteiger partial charge < -0.3 is 15.0 Å². The smallest absolute Gasteiger partial charge is 0.416 e. The molecule has 34 heavy (non-hydrogen) atoms. The summed E-state index contributed by atoms with van der Waals surface area (Å²) in [5.74, 6) is -2.20. The summed E-state index contributed by atoms with van der Waals surface area (Å²) in [6.45, 7) is 1.93. The number of carbonyl (C=O) groups is 2. The van der Waals surface area contributed by atoms with Gasteiger partial charge in [-0.1, -0.05) is 6.07 Å². The molecule has 4 rings (SSSR count). The molecule has 0 aliphatic carbocycles. The monoisotopic (exact) mass is 496 g/mol. The highest BCUT2D eigenvalue weighted by molar-refractivity contribution is 7.59. The van der Waals surface area contributed by atoms with E-state index < -0.39 is 29.4 Å². The van der Waals surface area contributed by atoms with E-state index in [-0.39, 0.29) is 54.5 Å². The fraction of sp³-hybridized carbons (Fsp3) is 0.227. The minimum absolute atomic E-state index is 0. The van der Waals surface area contributed by atoms with Gasteiger partial charge in [0.1, 0.15) is 17.1 Å². The summed E-state index contributed by atoms with van der Waals surface area (Å²) in [4.78, 5) is 27.3. The van der Waals surface area contributed by atoms with Crippen molar-refractivity contribution in [2.24, 2.45) is 0 Å². The van der Waals surface area contributed by atoms with Gasteiger partial charge in [-0.15, -0.1) is 0 Å². The van der Waals surface area contributed by atoms with Crippen molar-refractivity contribution in [1.29, 1.82) is 0 Å². The minimum atomic E-state index is -4.50. The fourth-order valence-corrected chi connectivity index (χ4v) is 3.69. The van der Waals surface area contributed by atoms with E-state index >= 15 is 0 Å². The van der Waals surface area contributed by atoms with Crippen LogP contribution in [-0.4, -0.2) is 35.2 Å². The van der Waals surface area contributed by atoms with Gasteiger partial charge in [0.25, 0.3) is 11.8 Å². The zero-order valence-corrected chi connectivity index (χ0v) is 19.0. The Bertz CT molecular complexity index is 1230. The highest BCUT2D eigenvalue weighted by atomic mass is 32.1. The second-order valence-corrected chi connectivity index (χ2v) is 7.43. The number of hydrogen-bond acceptors (Lipinski definition) is 4. The van der Waals surface area contributed by atoms with Gasteiger partial charge in [-0.05, 0) is 43.3 Å². The zero-order valence-electron chi connectivity index (χ0n) is 18.0. The van der Waals surface area contributed by atoms with E-state index in [0.29, 0.717) is 0 Å². The molecule has 0 radical (unpaired) electrons. The van der Waals surface area contributed by atoms with Crippen molar-refractivity contribution < 1.29 is 31.9 Å². The second-order valence-electron chi connectivity index (χ2n) is 7.43. The fourth-order valence-electron chi connectivity index (χ4n) is 3.69. The third-order valence-corrected chi connectivity index (χ3v) is 5.28. The number of amides is 2. The maximum Gasteiger partial charge on any atom is 0.416 e. The summed E-state index contributed by atoms with van der Waals surface area (Å²) in [6, 6.07) is 7.78. The average molecular weight is 496 g/mol. The van der Waals surface area contributed by atoms with Gasteiger partial charge in [-0.3, -0.25) is 14.3 Å². The predicted molar refractivity (Wildman–Crippen MR) is 121 cm³/mol. The van der Waals surface area contributed by atoms with Crippen molar-refractivity contribution in [3.8, 4) is 5.75 Å². The van der Waals surface area contributed by atoms with E-state index in [1.807, 2.05) is 0 Å². The van der Waals surface area contributed by atoms with Gasteiger partial charge >= 0.3 is 6.18 Å². The van der Waals surface area contributed by atoms with Gasteiger partial charge in [0.15, 0.2) is 5.69 Å². The van der Waals surface area contributed by atoms with Crippen LogP contribution < -0.4 is 15.0 Å². The molecule has 1 atom stereocenters. The third-order valence-electron chi connectivity index (χ3n) is 5.28. The molecule has 2 aromatic carbocycles. The van der Waals surface area contributed by atoms with Gasteiger partial charge in [0, 0.05) is 12.2 Å². The van der Waals surface area contributed by atoms with E-state index in [1.165, 1.54) is 47.2 Å². The SMILES string of the molecule is COc1cccc(F)c1C(=O)Nc1cnn2c1C(=O)N(c1ccc(C(F)(F)F)cc1)C[C@@H]2C.S. The molecule has 3 aromatic rings. The molecular weight excluding hydrogens is 476 g/mol. The Balaban J connectivity index is 0.00000324. The number of benzene rings is 2. The average Bonchev–Trinajstić information content (AvgIpc) is 3.19. The number of nitrogens with one attached hydrogen (secondary N) is 1. The molecule has 0 spiro atoms. The Kier molecular flexibility index (Phi) is 6.92. The molecule has 1 aliphatic rings. The van der Waals surface area contributed by atoms with Crippen molar-refractivity contribution in [3.05, 3.63) is 71.3 Å². The molecule has 180 valence electrons. The normalized spacial score (nSPS) is 15.4. The van der Waals surface area contributed by atoms with Crippen LogP contribution in [0.1, 0.15) is 39.4 Å². The Hall–Kier alpha value is -3.54. The molecule has 0 unspecified atom stereocenters. The Morgan fingerprint density at radius 2 is 1.85 bits per heavy atom. The quantitative estimate of drug-likeness (QED) is 0.534. The molecule has 1 N–H and O–H groups in total. The molecule has 2 amide bonds. The standard InChI is InChI=1S/C22H18F4N4O3.H2S/c1-12-11-29(14-8-6-13(7-9-14)22(24,25)26)21(32)19-16(10-27-30(12)19)28-20(31)18-15(23)4-3-5-17(18)33-2;/h3-10,12H,11H2,1-2H3,(H,28,31);1H2/t12-;/m0./s1. The number of halogens is 4. The van der Waals surface area contributed by atoms with E-state index in [0.717, 1.165) is 18.2 Å². The van der Waals surface area contributed by atoms with E-state index in [2.05, 4.69) is 10.4 Å². The number of hydrogen-bond donors (Lipinski definition) is 1. The first-order valence-corrected chi connectivity index (χ1v) is 9.82. The first-order chi connectivity index (χ1) is 15.6. The Labute approximate surface area is 198 Å². The molecule has 0 fully saturated rings. The molecule has 0 saturated carbocycles. The largest absolute Gasteiger partial charge is 0.496 e. The first kappa shape index (κ1) is 25.1. The molecule has 0 saturated heterocycles. The number of alkyl halides is 3. The molecule has 2 heterocycles. The van der Waals surface area contributed by atoms with Crippen molar-refractivity contribution >= 4 is 36.7 Å². The number of carbonyl (C=O) groups excluding carboxylic acids is 2. The van der Waals surface area contributed by atoms with E-state index in [4.69, 9.17) is 4.74 Å². The van der Waals surface area contributed by atoms with Crippen LogP contribution in [-0.2, 0) is 6.18 Å². The van der Waals surface area contributed by atoms with Crippen LogP contribution in [0.3, 0.4) is 0 Å². The number of anilines is 2. The van der Waals surface area contributed by atoms with Gasteiger partial charge in [-0.2, -0.15) is 31.8 Å². The van der Waals surface area contributed by atoms with Crippen molar-refractivity contribution in [2.75, 3.05) is 23.9 Å². The summed E-state index contributed by atoms with van der Waals surface area (Å²) in [6.07, 6.45) is -3.23. The lowest BCUT2D eigenvalue weighted by Crippen LogP contribution is -2.43. The van der Waals surface area contributed by atoms with Crippen LogP contribution >= 0.6 is 13.5 Å². The van der Waals surface area contributed by atoms with Crippen LogP contribution in [0, 0.1) is 5.82 Å². The summed E-state index contributed by atoms with van der Waals surface area (Å²) in [5.41, 5.74) is -0.840. The second kappa shape index (κ2) is 9.37. The Morgan fingerprint density at radius 1 is 1.18 bits per heavy atom. The summed E-state index contributed by atoms with van der Waals surface area (Å²) in [7, 11) is 1.29. The number of methoxy groups -OCH3 is 1. The van der Waals surface area contributed by atoms with Crippen LogP contribution in [0.15, 0.2) is 48.7 Å². The molecule has 1 aromatic heterocycles. The number of nitrogens with zero attached hydrogens (tertiary/aromatic N) is 3. The van der Waals surface area contributed by atoms with E-state index in [1.54, 1.807) is 6.92 Å². The highest BCUT2D eigenvalue weighted by Crippen LogP contribution is 2.34. The van der Waals surface area contributed by atoms with Crippen LogP contribution in [0.5, 0.6) is 5.75 Å². The highest BCUT2D eigenvalue weighted by Gasteiger charge is 2.35. The first-order valence-electron chi connectivity index (χ1n) is 9.82. The zero-order chi connectivity index (χ0) is 23.9. The maximum atomic E-state index is 14.3. The number of ether oxygens (including phenoxy) is 1. The van der Waals surface area contributed by atoms with E-state index in [9.17, 15) is 27.2 Å². The lowest BCUT2D eigenvalue weighted by atomic mass is 10.1. The molecule has 0 bridgehead atoms. The lowest BCUT2D eigenvalue weighted by molar-refractivity contribution is -0.137. The van der Waals surface area contributed by atoms with Crippen molar-refractivity contribution in [1.82, 2.24) is 9.78 Å². The maximum absolute atomic E-state index is 14.3. The summed E-state index contributed by atoms with van der Waals surface area (Å²) < 4.78 is 59.4. The van der Waals surface area contributed by atoms with Crippen molar-refractivity contribution in [3.63, 3.8) is 0 Å². The van der Waals surface area contributed by atoms with Gasteiger partial charge in [0.05, 0.1) is 30.6 Å².